The molecule has 0 aliphatic rings. The van der Waals surface area contributed by atoms with Crippen molar-refractivity contribution >= 4 is 9.84 Å². The second-order valence-electron chi connectivity index (χ2n) is 4.63. The van der Waals surface area contributed by atoms with Gasteiger partial charge in [0.05, 0.1) is 5.75 Å². The Kier molecular flexibility index (Phi) is 5.28. The molecule has 0 aliphatic carbocycles. The summed E-state index contributed by atoms with van der Waals surface area (Å²) in [6, 6.07) is 6.25. The maximum Gasteiger partial charge on any atom is 0.148 e. The third-order valence-corrected chi connectivity index (χ3v) is 3.96. The third kappa shape index (κ3) is 5.14. The fraction of sp³-hybridized carbons (Fsp3) is 0.538. The zero-order valence-electron chi connectivity index (χ0n) is 11.1. The van der Waals surface area contributed by atoms with Crippen LogP contribution in [0.3, 0.4) is 0 Å². The lowest BCUT2D eigenvalue weighted by molar-refractivity contribution is 0.226. The summed E-state index contributed by atoms with van der Waals surface area (Å²) in [6.45, 7) is 5.28. The lowest BCUT2D eigenvalue weighted by Crippen LogP contribution is -2.37. The summed E-state index contributed by atoms with van der Waals surface area (Å²) >= 11 is 0. The smallest absolute Gasteiger partial charge is 0.148 e. The molecule has 1 rings (SSSR count). The van der Waals surface area contributed by atoms with Crippen LogP contribution in [0.5, 0.6) is 0 Å². The van der Waals surface area contributed by atoms with Crippen LogP contribution in [-0.2, 0) is 16.4 Å². The van der Waals surface area contributed by atoms with Gasteiger partial charge in [-0.15, -0.1) is 0 Å². The quantitative estimate of drug-likeness (QED) is 0.796. The predicted molar refractivity (Wildman–Crippen MR) is 71.7 cm³/mol. The zero-order chi connectivity index (χ0) is 13.8. The van der Waals surface area contributed by atoms with Crippen LogP contribution in [0.15, 0.2) is 24.3 Å². The predicted octanol–water partition coefficient (Wildman–Crippen LogP) is 2.08. The fourth-order valence-electron chi connectivity index (χ4n) is 1.95. The average Bonchev–Trinajstić information content (AvgIpc) is 2.25. The Morgan fingerprint density at radius 1 is 1.28 bits per heavy atom. The van der Waals surface area contributed by atoms with Crippen LogP contribution in [0.4, 0.5) is 4.39 Å². The molecule has 1 aromatic rings. The standard InChI is InChI=1S/C13H20FNO2S/c1-4-15(11(2)10-18(3,16)17)9-12-5-7-13(14)8-6-12/h5-8,11H,4,9-10H2,1-3H3. The lowest BCUT2D eigenvalue weighted by atomic mass is 10.2. The summed E-state index contributed by atoms with van der Waals surface area (Å²) in [7, 11) is -2.98. The first-order chi connectivity index (χ1) is 8.31. The van der Waals surface area contributed by atoms with E-state index in [2.05, 4.69) is 4.90 Å². The van der Waals surface area contributed by atoms with Crippen molar-refractivity contribution in [2.45, 2.75) is 26.4 Å². The maximum atomic E-state index is 12.8. The van der Waals surface area contributed by atoms with Gasteiger partial charge in [-0.2, -0.15) is 0 Å². The van der Waals surface area contributed by atoms with Crippen molar-refractivity contribution in [1.29, 1.82) is 0 Å². The van der Waals surface area contributed by atoms with Crippen molar-refractivity contribution in [1.82, 2.24) is 4.90 Å². The number of benzene rings is 1. The molecule has 0 amide bonds. The average molecular weight is 273 g/mol. The number of rotatable bonds is 6. The Morgan fingerprint density at radius 3 is 2.28 bits per heavy atom. The van der Waals surface area contributed by atoms with E-state index in [4.69, 9.17) is 0 Å². The molecule has 1 atom stereocenters. The number of halogens is 1. The van der Waals surface area contributed by atoms with E-state index in [-0.39, 0.29) is 17.6 Å². The highest BCUT2D eigenvalue weighted by Crippen LogP contribution is 2.10. The molecule has 1 aromatic carbocycles. The summed E-state index contributed by atoms with van der Waals surface area (Å²) in [5.41, 5.74) is 0.985. The number of hydrogen-bond donors (Lipinski definition) is 0. The van der Waals surface area contributed by atoms with E-state index in [0.717, 1.165) is 12.1 Å². The van der Waals surface area contributed by atoms with Gasteiger partial charge in [0.25, 0.3) is 0 Å². The van der Waals surface area contributed by atoms with Gasteiger partial charge in [-0.1, -0.05) is 19.1 Å². The topological polar surface area (TPSA) is 37.4 Å². The van der Waals surface area contributed by atoms with Crippen LogP contribution in [0.1, 0.15) is 19.4 Å². The Balaban J connectivity index is 2.69. The first kappa shape index (κ1) is 15.1. The van der Waals surface area contributed by atoms with E-state index in [1.54, 1.807) is 12.1 Å². The number of sulfone groups is 1. The molecule has 0 aliphatic heterocycles. The molecule has 18 heavy (non-hydrogen) atoms. The van der Waals surface area contributed by atoms with Gasteiger partial charge < -0.3 is 0 Å². The second kappa shape index (κ2) is 6.29. The molecular weight excluding hydrogens is 253 g/mol. The van der Waals surface area contributed by atoms with Gasteiger partial charge in [-0.3, -0.25) is 4.90 Å². The summed E-state index contributed by atoms with van der Waals surface area (Å²) in [5, 5.41) is 0. The van der Waals surface area contributed by atoms with E-state index >= 15 is 0 Å². The minimum absolute atomic E-state index is 0.0462. The summed E-state index contributed by atoms with van der Waals surface area (Å²) in [4.78, 5) is 2.06. The molecular formula is C13H20FNO2S. The summed E-state index contributed by atoms with van der Waals surface area (Å²) in [5.74, 6) is -0.117. The maximum absolute atomic E-state index is 12.8. The van der Waals surface area contributed by atoms with Crippen molar-refractivity contribution in [2.24, 2.45) is 0 Å². The normalized spacial score (nSPS) is 13.8. The number of hydrogen-bond acceptors (Lipinski definition) is 3. The molecule has 0 spiro atoms. The molecule has 0 saturated carbocycles. The van der Waals surface area contributed by atoms with Gasteiger partial charge in [-0.05, 0) is 31.2 Å². The SMILES string of the molecule is CCN(Cc1ccc(F)cc1)C(C)CS(C)(=O)=O. The van der Waals surface area contributed by atoms with Gasteiger partial charge in [0.1, 0.15) is 15.7 Å². The molecule has 0 fully saturated rings. The van der Waals surface area contributed by atoms with Gasteiger partial charge in [0.2, 0.25) is 0 Å². The molecule has 0 heterocycles. The first-order valence-electron chi connectivity index (χ1n) is 5.98. The van der Waals surface area contributed by atoms with Gasteiger partial charge in [0.15, 0.2) is 0 Å². The minimum Gasteiger partial charge on any atom is -0.296 e. The summed E-state index contributed by atoms with van der Waals surface area (Å²) < 4.78 is 35.4. The van der Waals surface area contributed by atoms with E-state index < -0.39 is 9.84 Å². The van der Waals surface area contributed by atoms with Crippen LogP contribution < -0.4 is 0 Å². The Morgan fingerprint density at radius 2 is 1.83 bits per heavy atom. The lowest BCUT2D eigenvalue weighted by Gasteiger charge is -2.27. The zero-order valence-corrected chi connectivity index (χ0v) is 11.9. The van der Waals surface area contributed by atoms with Crippen molar-refractivity contribution in [3.63, 3.8) is 0 Å². The van der Waals surface area contributed by atoms with E-state index in [9.17, 15) is 12.8 Å². The molecule has 102 valence electrons. The second-order valence-corrected chi connectivity index (χ2v) is 6.82. The Labute approximate surface area is 109 Å². The van der Waals surface area contributed by atoms with Gasteiger partial charge in [0, 0.05) is 18.8 Å². The molecule has 3 nitrogen and oxygen atoms in total. The highest BCUT2D eigenvalue weighted by Gasteiger charge is 2.17. The molecule has 0 N–H and O–H groups in total. The van der Waals surface area contributed by atoms with E-state index in [1.807, 2.05) is 13.8 Å². The highest BCUT2D eigenvalue weighted by molar-refractivity contribution is 7.90. The molecule has 0 saturated heterocycles. The monoisotopic (exact) mass is 273 g/mol. The molecule has 0 radical (unpaired) electrons. The van der Waals surface area contributed by atoms with Crippen LogP contribution in [0.25, 0.3) is 0 Å². The fourth-order valence-corrected chi connectivity index (χ4v) is 3.03. The van der Waals surface area contributed by atoms with Crippen molar-refractivity contribution in [3.8, 4) is 0 Å². The molecule has 0 bridgehead atoms. The van der Waals surface area contributed by atoms with Crippen LogP contribution >= 0.6 is 0 Å². The largest absolute Gasteiger partial charge is 0.296 e. The molecule has 1 unspecified atom stereocenters. The van der Waals surface area contributed by atoms with E-state index in [1.165, 1.54) is 18.4 Å². The van der Waals surface area contributed by atoms with Crippen molar-refractivity contribution in [3.05, 3.63) is 35.6 Å². The Bertz CT molecular complexity index is 470. The van der Waals surface area contributed by atoms with E-state index in [0.29, 0.717) is 6.54 Å². The van der Waals surface area contributed by atoms with Gasteiger partial charge >= 0.3 is 0 Å². The molecule has 5 heteroatoms. The van der Waals surface area contributed by atoms with Crippen molar-refractivity contribution < 1.29 is 12.8 Å². The van der Waals surface area contributed by atoms with Crippen LogP contribution in [0, 0.1) is 5.82 Å². The third-order valence-electron chi connectivity index (χ3n) is 2.87. The van der Waals surface area contributed by atoms with Crippen LogP contribution in [0.2, 0.25) is 0 Å². The minimum atomic E-state index is -2.98. The molecule has 0 aromatic heterocycles. The van der Waals surface area contributed by atoms with Gasteiger partial charge in [-0.25, -0.2) is 12.8 Å². The Hall–Kier alpha value is -0.940. The van der Waals surface area contributed by atoms with Crippen LogP contribution in [-0.4, -0.2) is 37.9 Å². The first-order valence-corrected chi connectivity index (χ1v) is 8.04. The highest BCUT2D eigenvalue weighted by atomic mass is 32.2. The number of nitrogens with zero attached hydrogens (tertiary/aromatic N) is 1. The summed E-state index contributed by atoms with van der Waals surface area (Å²) in [6.07, 6.45) is 1.25. The van der Waals surface area contributed by atoms with Crippen molar-refractivity contribution in [2.75, 3.05) is 18.6 Å².